The Morgan fingerprint density at radius 1 is 0.309 bits per heavy atom. The van der Waals surface area contributed by atoms with Gasteiger partial charge in [-0.2, -0.15) is 44.9 Å². The van der Waals surface area contributed by atoms with E-state index in [1.165, 1.54) is 0 Å². The normalized spacial score (nSPS) is 23.8. The maximum absolute atomic E-state index is 5.66. The molecule has 0 bridgehead atoms. The van der Waals surface area contributed by atoms with Crippen molar-refractivity contribution in [1.29, 1.82) is 0 Å². The summed E-state index contributed by atoms with van der Waals surface area (Å²) in [5, 5.41) is 7.15. The summed E-state index contributed by atoms with van der Waals surface area (Å²) >= 11 is 0. The summed E-state index contributed by atoms with van der Waals surface area (Å²) in [6.45, 7) is 53.4. The average molecular weight is 1350 g/mol. The Balaban J connectivity index is 1.22. The van der Waals surface area contributed by atoms with Gasteiger partial charge in [-0.1, -0.05) is 0 Å². The third-order valence-corrected chi connectivity index (χ3v) is 25.6. The van der Waals surface area contributed by atoms with E-state index in [9.17, 15) is 0 Å². The van der Waals surface area contributed by atoms with Crippen LogP contribution in [0.2, 0.25) is 0 Å². The number of aryl methyl sites for hydroxylation is 1. The molecule has 0 aromatic carbocycles. The minimum Gasteiger partial charge on any atom is -0.354 e. The van der Waals surface area contributed by atoms with Gasteiger partial charge in [-0.25, -0.2) is 0 Å². The molecule has 0 spiro atoms. The van der Waals surface area contributed by atoms with E-state index < -0.39 is 0 Å². The van der Waals surface area contributed by atoms with Crippen LogP contribution in [-0.4, -0.2) is 272 Å². The van der Waals surface area contributed by atoms with Crippen LogP contribution < -0.4 is 44.9 Å². The maximum Gasteiger partial charge on any atom is 0.232 e. The van der Waals surface area contributed by atoms with Gasteiger partial charge in [0, 0.05) is 154 Å². The summed E-state index contributed by atoms with van der Waals surface area (Å²) in [6.07, 6.45) is 11.4. The molecule has 5 aliphatic heterocycles. The summed E-state index contributed by atoms with van der Waals surface area (Å²) in [6, 6.07) is 1.03. The van der Waals surface area contributed by atoms with Crippen LogP contribution in [0.4, 0.5) is 47.6 Å². The van der Waals surface area contributed by atoms with Crippen LogP contribution in [-0.2, 0) is 0 Å². The molecule has 8 heterocycles. The van der Waals surface area contributed by atoms with E-state index >= 15 is 0 Å². The Labute approximate surface area is 589 Å². The van der Waals surface area contributed by atoms with E-state index in [4.69, 9.17) is 44.9 Å². The largest absolute Gasteiger partial charge is 0.354 e. The minimum absolute atomic E-state index is 0.0135. The van der Waals surface area contributed by atoms with Crippen molar-refractivity contribution in [3.8, 4) is 0 Å². The zero-order valence-electron chi connectivity index (χ0n) is 67.5. The summed E-state index contributed by atoms with van der Waals surface area (Å²) in [7, 11) is 24.4. The molecule has 5 fully saturated rings. The first kappa shape index (κ1) is 77.9. The SMILES string of the molecule is CNCCCN(CCN(CCCNc1nc(C)nc(N(C)C2CC(C)(C)N(C)C(C)(C)C2)n1)c1nc(N(C)C2CC(C)(C)N(C)C(C)(C)C2)nc(N(C)C2CC(C)(C)N(C)C(C)(C)C2)n1)c1nc(N(C)C2CC(C)(C)N(C)C(C)(C)C2)nc(N(C)C2CC(C)(C)N(C)C(C)(C)C2)n1. The predicted molar refractivity (Wildman–Crippen MR) is 407 cm³/mol. The Hall–Kier alpha value is -4.81. The standard InChI is InChI=1S/C74H139N23/c1-51-77-57(79-58(78-51)86(23)52-41-65(2,3)91(28)66(4,5)42-52)76-36-34-38-97(64-84-61(89(26)55-47-71(14,15)94(31)72(16,17)48-55)81-62(85-64)90(27)56-49-73(18,19)95(32)74(20,21)50-56)40-39-96(37-33-35-75-22)63-82-59(87(24)53-43-67(6,7)92(29)68(8,9)44-53)80-60(83-63)88(25)54-45-69(10,11)93(30)70(12,13)46-54/h52-56,75H,33-50H2,1-32H3,(H,76,77,78,79). The van der Waals surface area contributed by atoms with Gasteiger partial charge in [-0.05, 0) is 271 Å². The second-order valence-electron chi connectivity index (χ2n) is 37.0. The van der Waals surface area contributed by atoms with Gasteiger partial charge < -0.3 is 44.9 Å². The molecule has 0 aliphatic carbocycles. The number of piperidine rings is 5. The smallest absolute Gasteiger partial charge is 0.232 e. The molecule has 2 N–H and O–H groups in total. The van der Waals surface area contributed by atoms with Gasteiger partial charge in [0.25, 0.3) is 0 Å². The van der Waals surface area contributed by atoms with Gasteiger partial charge in [0.15, 0.2) is 0 Å². The molecular weight excluding hydrogens is 1210 g/mol. The fourth-order valence-electron chi connectivity index (χ4n) is 17.9. The van der Waals surface area contributed by atoms with E-state index in [0.29, 0.717) is 79.6 Å². The van der Waals surface area contributed by atoms with E-state index in [2.05, 4.69) is 278 Å². The molecule has 550 valence electrons. The lowest BCUT2D eigenvalue weighted by Crippen LogP contribution is -2.62. The molecule has 0 radical (unpaired) electrons. The van der Waals surface area contributed by atoms with Crippen LogP contribution in [0, 0.1) is 6.92 Å². The van der Waals surface area contributed by atoms with Gasteiger partial charge in [0.05, 0.1) is 0 Å². The van der Waals surface area contributed by atoms with E-state index in [1.807, 2.05) is 14.0 Å². The number of anilines is 8. The van der Waals surface area contributed by atoms with Crippen LogP contribution in [0.1, 0.15) is 221 Å². The lowest BCUT2D eigenvalue weighted by atomic mass is 9.77. The molecular formula is C74H139N23. The fraction of sp³-hybridized carbons (Fsp3) is 0.878. The van der Waals surface area contributed by atoms with Gasteiger partial charge in [0.1, 0.15) is 5.82 Å². The molecule has 0 atom stereocenters. The molecule has 0 saturated carbocycles. The van der Waals surface area contributed by atoms with Crippen LogP contribution in [0.5, 0.6) is 0 Å². The highest BCUT2D eigenvalue weighted by Gasteiger charge is 2.50. The molecule has 3 aromatic heterocycles. The van der Waals surface area contributed by atoms with Gasteiger partial charge >= 0.3 is 0 Å². The number of nitrogens with one attached hydrogen (secondary N) is 2. The first-order chi connectivity index (χ1) is 44.5. The van der Waals surface area contributed by atoms with Crippen molar-refractivity contribution >= 4 is 47.6 Å². The molecule has 23 heteroatoms. The number of hydrogen-bond acceptors (Lipinski definition) is 23. The zero-order chi connectivity index (χ0) is 72.5. The number of nitrogens with zero attached hydrogens (tertiary/aromatic N) is 21. The first-order valence-corrected chi connectivity index (χ1v) is 36.9. The number of hydrogen-bond donors (Lipinski definition) is 2. The lowest BCUT2D eigenvalue weighted by molar-refractivity contribution is -0.0127. The highest BCUT2D eigenvalue weighted by atomic mass is 15.4. The van der Waals surface area contributed by atoms with Gasteiger partial charge in [-0.15, -0.1) is 0 Å². The second kappa shape index (κ2) is 28.2. The third kappa shape index (κ3) is 17.1. The van der Waals surface area contributed by atoms with Crippen LogP contribution in [0.25, 0.3) is 0 Å². The Morgan fingerprint density at radius 2 is 0.526 bits per heavy atom. The molecule has 0 unspecified atom stereocenters. The van der Waals surface area contributed by atoms with Crippen LogP contribution in [0.3, 0.4) is 0 Å². The van der Waals surface area contributed by atoms with Gasteiger partial charge in [0.2, 0.25) is 47.6 Å². The zero-order valence-corrected chi connectivity index (χ0v) is 67.5. The average Bonchev–Trinajstić information content (AvgIpc) is 0.782. The monoisotopic (exact) mass is 1350 g/mol. The summed E-state index contributed by atoms with van der Waals surface area (Å²) < 4.78 is 0. The molecule has 5 saturated heterocycles. The fourth-order valence-corrected chi connectivity index (χ4v) is 17.9. The Kier molecular flexibility index (Phi) is 22.7. The van der Waals surface area contributed by atoms with E-state index in [0.717, 1.165) is 90.1 Å². The first-order valence-electron chi connectivity index (χ1n) is 36.9. The number of aromatic nitrogens is 9. The van der Waals surface area contributed by atoms with Crippen LogP contribution in [0.15, 0.2) is 0 Å². The molecule has 23 nitrogen and oxygen atoms in total. The van der Waals surface area contributed by atoms with Gasteiger partial charge in [-0.3, -0.25) is 24.5 Å². The van der Waals surface area contributed by atoms with Crippen molar-refractivity contribution in [1.82, 2.24) is 74.7 Å². The highest BCUT2D eigenvalue weighted by Crippen LogP contribution is 2.45. The quantitative estimate of drug-likeness (QED) is 0.0808. The van der Waals surface area contributed by atoms with Crippen molar-refractivity contribution in [2.24, 2.45) is 0 Å². The summed E-state index contributed by atoms with van der Waals surface area (Å²) in [5.74, 6) is 6.12. The van der Waals surface area contributed by atoms with Crippen LogP contribution >= 0.6 is 0 Å². The molecule has 0 amide bonds. The van der Waals surface area contributed by atoms with Crippen molar-refractivity contribution in [3.63, 3.8) is 0 Å². The third-order valence-electron chi connectivity index (χ3n) is 25.6. The Morgan fingerprint density at radius 3 is 0.763 bits per heavy atom. The second-order valence-corrected chi connectivity index (χ2v) is 37.0. The highest BCUT2D eigenvalue weighted by molar-refractivity contribution is 5.51. The van der Waals surface area contributed by atoms with E-state index in [1.54, 1.807) is 0 Å². The van der Waals surface area contributed by atoms with E-state index in [-0.39, 0.29) is 85.6 Å². The topological polar surface area (TPSA) is 179 Å². The number of likely N-dealkylation sites (tertiary alicyclic amines) is 5. The van der Waals surface area contributed by atoms with Crippen molar-refractivity contribution in [3.05, 3.63) is 5.82 Å². The summed E-state index contributed by atoms with van der Waals surface area (Å²) in [5.41, 5.74) is -0.329. The number of rotatable bonds is 24. The Bertz CT molecular complexity index is 2910. The molecule has 5 aliphatic rings. The maximum atomic E-state index is 5.66. The summed E-state index contributed by atoms with van der Waals surface area (Å²) in [4.78, 5) is 77.9. The molecule has 3 aromatic rings. The van der Waals surface area contributed by atoms with Crippen molar-refractivity contribution in [2.45, 2.75) is 308 Å². The molecule has 8 rings (SSSR count). The predicted octanol–water partition coefficient (Wildman–Crippen LogP) is 10.4. The molecule has 97 heavy (non-hydrogen) atoms. The lowest BCUT2D eigenvalue weighted by Gasteiger charge is -2.55. The minimum atomic E-state index is -0.0514. The van der Waals surface area contributed by atoms with Crippen molar-refractivity contribution < 1.29 is 0 Å². The van der Waals surface area contributed by atoms with Crippen molar-refractivity contribution in [2.75, 3.05) is 156 Å².